The summed E-state index contributed by atoms with van der Waals surface area (Å²) in [5.74, 6) is -0.177. The predicted octanol–water partition coefficient (Wildman–Crippen LogP) is 4.47. The molecule has 4 heterocycles. The number of alkyl halides is 1. The molecule has 0 spiro atoms. The van der Waals surface area contributed by atoms with E-state index in [4.69, 9.17) is 4.74 Å². The Kier molecular flexibility index (Phi) is 4.00. The van der Waals surface area contributed by atoms with Crippen LogP contribution in [0.2, 0.25) is 0 Å². The van der Waals surface area contributed by atoms with Crippen molar-refractivity contribution in [2.24, 2.45) is 11.3 Å². The third kappa shape index (κ3) is 2.84. The highest BCUT2D eigenvalue weighted by Gasteiger charge is 2.54. The molecule has 7 heteroatoms. The van der Waals surface area contributed by atoms with Crippen molar-refractivity contribution in [1.29, 1.82) is 0 Å². The first-order chi connectivity index (χ1) is 13.7. The van der Waals surface area contributed by atoms with E-state index in [-0.39, 0.29) is 46.8 Å². The number of nitrogens with zero attached hydrogens (tertiary/aromatic N) is 2. The predicted molar refractivity (Wildman–Crippen MR) is 105 cm³/mol. The highest BCUT2D eigenvalue weighted by atomic mass is 19.1. The first-order valence-electron chi connectivity index (χ1n) is 10.4. The standard InChI is InChI=1S/C22H27F2N3O2/c1-21-6-12-4-13(7-21)27(14(5-12)8-21)17(28)9-22(2,24)15-10-25-20-18(15)19(23)16(29-3)11-26-20/h10-14H,4-9H2,1-3H3,(H,25,26). The first-order valence-corrected chi connectivity index (χ1v) is 10.4. The number of hydrogen-bond donors (Lipinski definition) is 1. The van der Waals surface area contributed by atoms with Gasteiger partial charge in [-0.2, -0.15) is 0 Å². The maximum atomic E-state index is 15.8. The van der Waals surface area contributed by atoms with Crippen LogP contribution in [-0.4, -0.2) is 40.0 Å². The van der Waals surface area contributed by atoms with Gasteiger partial charge in [0.05, 0.1) is 25.1 Å². The van der Waals surface area contributed by atoms with E-state index in [0.29, 0.717) is 11.3 Å². The van der Waals surface area contributed by atoms with Crippen molar-refractivity contribution in [1.82, 2.24) is 14.9 Å². The molecule has 29 heavy (non-hydrogen) atoms. The lowest BCUT2D eigenvalue weighted by Crippen LogP contribution is -2.63. The highest BCUT2D eigenvalue weighted by molar-refractivity contribution is 5.85. The Hall–Kier alpha value is -2.18. The van der Waals surface area contributed by atoms with E-state index < -0.39 is 11.5 Å². The molecule has 5 nitrogen and oxygen atoms in total. The highest BCUT2D eigenvalue weighted by Crippen LogP contribution is 2.56. The van der Waals surface area contributed by atoms with Crippen molar-refractivity contribution < 1.29 is 18.3 Å². The maximum absolute atomic E-state index is 15.8. The second kappa shape index (κ2) is 6.16. The van der Waals surface area contributed by atoms with Gasteiger partial charge in [0.1, 0.15) is 11.3 Å². The average Bonchev–Trinajstić information content (AvgIpc) is 3.05. The van der Waals surface area contributed by atoms with Crippen molar-refractivity contribution in [3.05, 3.63) is 23.8 Å². The van der Waals surface area contributed by atoms with Gasteiger partial charge < -0.3 is 14.6 Å². The number of aromatic nitrogens is 2. The number of H-pyrrole nitrogens is 1. The van der Waals surface area contributed by atoms with Crippen LogP contribution < -0.4 is 4.74 Å². The number of rotatable bonds is 4. The summed E-state index contributed by atoms with van der Waals surface area (Å²) in [5.41, 5.74) is -1.32. The zero-order valence-electron chi connectivity index (χ0n) is 17.1. The summed E-state index contributed by atoms with van der Waals surface area (Å²) in [4.78, 5) is 22.1. The molecule has 6 rings (SSSR count). The number of fused-ring (bicyclic) bond motifs is 1. The van der Waals surface area contributed by atoms with E-state index in [9.17, 15) is 9.18 Å². The second-order valence-electron chi connectivity index (χ2n) is 9.81. The van der Waals surface area contributed by atoms with Crippen molar-refractivity contribution >= 4 is 16.9 Å². The lowest BCUT2D eigenvalue weighted by atomic mass is 9.56. The monoisotopic (exact) mass is 403 g/mol. The Labute approximate surface area is 168 Å². The SMILES string of the molecule is COc1cnc2[nH]cc(C(C)(F)CC(=O)N3C4CC5CC3CC(C)(C5)C4)c2c1F. The molecule has 3 unspecified atom stereocenters. The van der Waals surface area contributed by atoms with Crippen LogP contribution in [0.1, 0.15) is 57.9 Å². The van der Waals surface area contributed by atoms with Crippen LogP contribution in [0.25, 0.3) is 11.0 Å². The normalized spacial score (nSPS) is 32.6. The van der Waals surface area contributed by atoms with Gasteiger partial charge in [-0.25, -0.2) is 13.8 Å². The summed E-state index contributed by atoms with van der Waals surface area (Å²) >= 11 is 0. The average molecular weight is 403 g/mol. The van der Waals surface area contributed by atoms with Crippen LogP contribution in [-0.2, 0) is 10.5 Å². The molecule has 2 saturated heterocycles. The topological polar surface area (TPSA) is 58.2 Å². The van der Waals surface area contributed by atoms with Gasteiger partial charge >= 0.3 is 0 Å². The molecule has 156 valence electrons. The Balaban J connectivity index is 1.43. The van der Waals surface area contributed by atoms with Crippen molar-refractivity contribution in [3.8, 4) is 5.75 Å². The van der Waals surface area contributed by atoms with E-state index in [2.05, 4.69) is 16.9 Å². The summed E-state index contributed by atoms with van der Waals surface area (Å²) < 4.78 is 35.6. The zero-order valence-corrected chi connectivity index (χ0v) is 17.1. The minimum absolute atomic E-state index is 0.0430. The molecule has 2 aromatic rings. The van der Waals surface area contributed by atoms with Gasteiger partial charge in [0.2, 0.25) is 5.91 Å². The van der Waals surface area contributed by atoms with E-state index >= 15 is 4.39 Å². The van der Waals surface area contributed by atoms with E-state index in [1.807, 2.05) is 4.90 Å². The van der Waals surface area contributed by atoms with Gasteiger partial charge in [-0.05, 0) is 50.4 Å². The largest absolute Gasteiger partial charge is 0.492 e. The zero-order chi connectivity index (χ0) is 20.6. The van der Waals surface area contributed by atoms with Gasteiger partial charge in [-0.3, -0.25) is 4.79 Å². The lowest BCUT2D eigenvalue weighted by Gasteiger charge is -2.61. The maximum Gasteiger partial charge on any atom is 0.226 e. The van der Waals surface area contributed by atoms with Gasteiger partial charge in [-0.1, -0.05) is 6.92 Å². The fourth-order valence-corrected chi connectivity index (χ4v) is 6.48. The Morgan fingerprint density at radius 2 is 2.07 bits per heavy atom. The van der Waals surface area contributed by atoms with Crippen LogP contribution in [0.5, 0.6) is 5.75 Å². The number of amides is 1. The molecule has 4 fully saturated rings. The minimum atomic E-state index is -2.01. The Morgan fingerprint density at radius 3 is 2.69 bits per heavy atom. The number of pyridine rings is 1. The molecular formula is C22H27F2N3O2. The number of piperidine rings is 2. The Bertz CT molecular complexity index is 970. The van der Waals surface area contributed by atoms with Crippen molar-refractivity contribution in [3.63, 3.8) is 0 Å². The van der Waals surface area contributed by atoms with Crippen molar-refractivity contribution in [2.75, 3.05) is 7.11 Å². The molecule has 0 radical (unpaired) electrons. The van der Waals surface area contributed by atoms with Crippen LogP contribution in [0.3, 0.4) is 0 Å². The minimum Gasteiger partial charge on any atom is -0.492 e. The third-order valence-corrected chi connectivity index (χ3v) is 7.39. The molecule has 2 aliphatic carbocycles. The lowest BCUT2D eigenvalue weighted by molar-refractivity contribution is -0.159. The van der Waals surface area contributed by atoms with E-state index in [1.54, 1.807) is 0 Å². The van der Waals surface area contributed by atoms with Crippen LogP contribution >= 0.6 is 0 Å². The molecular weight excluding hydrogens is 376 g/mol. The molecule has 1 N–H and O–H groups in total. The van der Waals surface area contributed by atoms with Crippen LogP contribution in [0.15, 0.2) is 12.4 Å². The quantitative estimate of drug-likeness (QED) is 0.820. The summed E-state index contributed by atoms with van der Waals surface area (Å²) in [7, 11) is 1.34. The van der Waals surface area contributed by atoms with Gasteiger partial charge in [0.25, 0.3) is 0 Å². The van der Waals surface area contributed by atoms with Gasteiger partial charge in [0.15, 0.2) is 11.6 Å². The summed E-state index contributed by atoms with van der Waals surface area (Å²) in [6, 6.07) is 0.437. The van der Waals surface area contributed by atoms with Gasteiger partial charge in [0, 0.05) is 23.8 Å². The van der Waals surface area contributed by atoms with Crippen molar-refractivity contribution in [2.45, 2.75) is 70.1 Å². The number of aromatic amines is 1. The second-order valence-corrected chi connectivity index (χ2v) is 9.81. The molecule has 2 aromatic heterocycles. The number of hydrogen-bond acceptors (Lipinski definition) is 3. The number of methoxy groups -OCH3 is 1. The molecule has 3 atom stereocenters. The summed E-state index contributed by atoms with van der Waals surface area (Å²) in [6.07, 6.45) is 7.72. The van der Waals surface area contributed by atoms with Gasteiger partial charge in [-0.15, -0.1) is 0 Å². The van der Waals surface area contributed by atoms with E-state index in [0.717, 1.165) is 25.7 Å². The third-order valence-electron chi connectivity index (χ3n) is 7.39. The molecule has 4 aliphatic rings. The smallest absolute Gasteiger partial charge is 0.226 e. The van der Waals surface area contributed by atoms with Crippen LogP contribution in [0.4, 0.5) is 8.78 Å². The number of carbonyl (C=O) groups excluding carboxylic acids is 1. The first kappa shape index (κ1) is 18.8. The summed E-state index contributed by atoms with van der Waals surface area (Å²) in [6.45, 7) is 3.68. The summed E-state index contributed by atoms with van der Waals surface area (Å²) in [5, 5.41) is 0.0507. The number of carbonyl (C=O) groups is 1. The number of halogens is 2. The fourth-order valence-electron chi connectivity index (χ4n) is 6.48. The molecule has 4 bridgehead atoms. The molecule has 0 aromatic carbocycles. The molecule has 1 amide bonds. The molecule has 2 aliphatic heterocycles. The fraction of sp³-hybridized carbons (Fsp3) is 0.636. The van der Waals surface area contributed by atoms with Crippen LogP contribution in [0, 0.1) is 17.2 Å². The molecule has 2 saturated carbocycles. The number of nitrogens with one attached hydrogen (secondary N) is 1. The number of ether oxygens (including phenoxy) is 1. The van der Waals surface area contributed by atoms with E-state index in [1.165, 1.54) is 32.8 Å². The Morgan fingerprint density at radius 1 is 1.38 bits per heavy atom.